The molecule has 0 unspecified atom stereocenters. The molecule has 0 saturated carbocycles. The van der Waals surface area contributed by atoms with Gasteiger partial charge in [-0.2, -0.15) is 14.9 Å². The van der Waals surface area contributed by atoms with E-state index < -0.39 is 11.9 Å². The number of nitrogens with zero attached hydrogens (tertiary/aromatic N) is 5. The van der Waals surface area contributed by atoms with Crippen LogP contribution in [0.2, 0.25) is 5.15 Å². The first-order valence-electron chi connectivity index (χ1n) is 6.92. The average Bonchev–Trinajstić information content (AvgIpc) is 2.99. The Balaban J connectivity index is 2.22. The zero-order chi connectivity index (χ0) is 17.7. The molecule has 3 aromatic heterocycles. The zero-order valence-corrected chi connectivity index (χ0v) is 13.5. The molecular formula is C14H13ClF3N5O. The van der Waals surface area contributed by atoms with Gasteiger partial charge in [0.15, 0.2) is 0 Å². The Labute approximate surface area is 139 Å². The van der Waals surface area contributed by atoms with E-state index in [0.29, 0.717) is 16.7 Å². The van der Waals surface area contributed by atoms with Crippen molar-refractivity contribution in [2.75, 3.05) is 0 Å². The van der Waals surface area contributed by atoms with Gasteiger partial charge in [-0.15, -0.1) is 13.2 Å². The summed E-state index contributed by atoms with van der Waals surface area (Å²) >= 11 is 5.90. The number of hydrogen-bond donors (Lipinski definition) is 1. The molecule has 0 bridgehead atoms. The molecule has 1 N–H and O–H groups in total. The lowest BCUT2D eigenvalue weighted by Crippen LogP contribution is -2.27. The van der Waals surface area contributed by atoms with E-state index in [9.17, 15) is 18.3 Å². The number of aromatic nitrogens is 5. The number of aliphatic hydroxyl groups is 1. The van der Waals surface area contributed by atoms with Crippen molar-refractivity contribution in [1.82, 2.24) is 24.5 Å². The molecule has 3 heterocycles. The quantitative estimate of drug-likeness (QED) is 0.729. The Bertz CT molecular complexity index is 894. The largest absolute Gasteiger partial charge is 0.504 e. The molecule has 0 aromatic carbocycles. The lowest BCUT2D eigenvalue weighted by molar-refractivity contribution is -0.212. The first-order valence-corrected chi connectivity index (χ1v) is 7.30. The van der Waals surface area contributed by atoms with Crippen LogP contribution in [0.1, 0.15) is 13.8 Å². The van der Waals surface area contributed by atoms with Crippen LogP contribution in [0.3, 0.4) is 0 Å². The predicted octanol–water partition coefficient (Wildman–Crippen LogP) is 3.20. The van der Waals surface area contributed by atoms with Crippen LogP contribution in [0.4, 0.5) is 13.2 Å². The van der Waals surface area contributed by atoms with Crippen molar-refractivity contribution >= 4 is 22.6 Å². The highest BCUT2D eigenvalue weighted by Gasteiger charge is 2.32. The van der Waals surface area contributed by atoms with Gasteiger partial charge in [0.2, 0.25) is 0 Å². The zero-order valence-electron chi connectivity index (χ0n) is 12.7. The van der Waals surface area contributed by atoms with E-state index in [2.05, 4.69) is 15.2 Å². The first kappa shape index (κ1) is 16.7. The van der Waals surface area contributed by atoms with Crippen LogP contribution < -0.4 is 0 Å². The molecule has 10 heteroatoms. The van der Waals surface area contributed by atoms with Gasteiger partial charge in [-0.1, -0.05) is 11.6 Å². The maximum Gasteiger partial charge on any atom is 0.504 e. The van der Waals surface area contributed by atoms with Crippen LogP contribution in [0.25, 0.3) is 22.3 Å². The monoisotopic (exact) mass is 359 g/mol. The van der Waals surface area contributed by atoms with Gasteiger partial charge < -0.3 is 5.11 Å². The van der Waals surface area contributed by atoms with E-state index in [-0.39, 0.29) is 21.9 Å². The molecule has 0 radical (unpaired) electrons. The Morgan fingerprint density at radius 2 is 1.96 bits per heavy atom. The van der Waals surface area contributed by atoms with Crippen molar-refractivity contribution in [3.05, 3.63) is 29.7 Å². The van der Waals surface area contributed by atoms with Crippen LogP contribution in [-0.4, -0.2) is 35.3 Å². The van der Waals surface area contributed by atoms with E-state index >= 15 is 0 Å². The molecule has 0 aliphatic rings. The van der Waals surface area contributed by atoms with E-state index in [1.165, 1.54) is 10.7 Å². The molecule has 0 aliphatic heterocycles. The minimum atomic E-state index is -4.62. The van der Waals surface area contributed by atoms with E-state index in [0.717, 1.165) is 12.4 Å². The third-order valence-corrected chi connectivity index (χ3v) is 3.41. The van der Waals surface area contributed by atoms with Crippen LogP contribution in [0, 0.1) is 0 Å². The number of rotatable bonds is 3. The second-order valence-electron chi connectivity index (χ2n) is 5.96. The van der Waals surface area contributed by atoms with Gasteiger partial charge in [-0.3, -0.25) is 4.68 Å². The summed E-state index contributed by atoms with van der Waals surface area (Å²) in [6.45, 7) is 3.21. The highest BCUT2D eigenvalue weighted by Crippen LogP contribution is 2.31. The topological polar surface area (TPSA) is 68.8 Å². The molecule has 3 rings (SSSR count). The van der Waals surface area contributed by atoms with Gasteiger partial charge in [-0.05, 0) is 26.0 Å². The fourth-order valence-corrected chi connectivity index (χ4v) is 2.48. The first-order chi connectivity index (χ1) is 11.0. The number of pyridine rings is 1. The van der Waals surface area contributed by atoms with Crippen LogP contribution in [0.15, 0.2) is 24.5 Å². The van der Waals surface area contributed by atoms with Gasteiger partial charge in [0.25, 0.3) is 0 Å². The maximum absolute atomic E-state index is 12.8. The van der Waals surface area contributed by atoms with Crippen LogP contribution >= 0.6 is 11.6 Å². The summed E-state index contributed by atoms with van der Waals surface area (Å²) in [5.41, 5.74) is 0.159. The van der Waals surface area contributed by atoms with Gasteiger partial charge in [0, 0.05) is 11.8 Å². The molecule has 0 fully saturated rings. The SMILES string of the molecule is CC(C)(O)Cn1nc2ccc(Cl)nc2c1-c1cnn(C(F)(F)F)c1. The fourth-order valence-electron chi connectivity index (χ4n) is 2.34. The Hall–Kier alpha value is -2.13. The third-order valence-electron chi connectivity index (χ3n) is 3.20. The minimum Gasteiger partial charge on any atom is -0.389 e. The summed E-state index contributed by atoms with van der Waals surface area (Å²) in [6, 6.07) is 3.15. The van der Waals surface area contributed by atoms with Crippen molar-refractivity contribution in [3.63, 3.8) is 0 Å². The van der Waals surface area contributed by atoms with Crippen molar-refractivity contribution in [3.8, 4) is 11.3 Å². The van der Waals surface area contributed by atoms with Crippen molar-refractivity contribution in [2.24, 2.45) is 0 Å². The molecule has 24 heavy (non-hydrogen) atoms. The summed E-state index contributed by atoms with van der Waals surface area (Å²) in [5, 5.41) is 17.9. The molecule has 0 amide bonds. The van der Waals surface area contributed by atoms with Gasteiger partial charge in [0.1, 0.15) is 16.2 Å². The number of fused-ring (bicyclic) bond motifs is 1. The molecule has 128 valence electrons. The highest BCUT2D eigenvalue weighted by atomic mass is 35.5. The normalized spacial score (nSPS) is 13.0. The van der Waals surface area contributed by atoms with Crippen molar-refractivity contribution in [1.29, 1.82) is 0 Å². The summed E-state index contributed by atoms with van der Waals surface area (Å²) in [6.07, 6.45) is -2.70. The number of hydrogen-bond acceptors (Lipinski definition) is 4. The van der Waals surface area contributed by atoms with Crippen LogP contribution in [-0.2, 0) is 12.8 Å². The van der Waals surface area contributed by atoms with E-state index in [1.54, 1.807) is 19.9 Å². The summed E-state index contributed by atoms with van der Waals surface area (Å²) in [4.78, 5) is 4.16. The standard InChI is InChI=1S/C14H13ClF3N5O/c1-13(2,24)7-22-12(8-5-19-23(6-8)14(16,17)18)11-9(21-22)3-4-10(15)20-11/h3-6,24H,7H2,1-2H3. The number of halogens is 4. The highest BCUT2D eigenvalue weighted by molar-refractivity contribution is 6.29. The molecule has 0 saturated heterocycles. The molecule has 3 aromatic rings. The molecule has 0 atom stereocenters. The summed E-state index contributed by atoms with van der Waals surface area (Å²) in [7, 11) is 0. The van der Waals surface area contributed by atoms with E-state index in [1.807, 2.05) is 0 Å². The second kappa shape index (κ2) is 5.45. The van der Waals surface area contributed by atoms with Gasteiger partial charge in [0.05, 0.1) is 24.0 Å². The summed E-state index contributed by atoms with van der Waals surface area (Å²) < 4.78 is 39.7. The molecular weight excluding hydrogens is 347 g/mol. The van der Waals surface area contributed by atoms with Crippen molar-refractivity contribution < 1.29 is 18.3 Å². The van der Waals surface area contributed by atoms with Gasteiger partial charge in [-0.25, -0.2) is 4.98 Å². The van der Waals surface area contributed by atoms with Crippen molar-refractivity contribution in [2.45, 2.75) is 32.3 Å². The Kier molecular flexibility index (Phi) is 3.80. The predicted molar refractivity (Wildman–Crippen MR) is 81.4 cm³/mol. The lowest BCUT2D eigenvalue weighted by Gasteiger charge is -2.18. The van der Waals surface area contributed by atoms with Gasteiger partial charge >= 0.3 is 6.30 Å². The Morgan fingerprint density at radius 3 is 2.54 bits per heavy atom. The number of alkyl halides is 3. The fraction of sp³-hybridized carbons (Fsp3) is 0.357. The smallest absolute Gasteiger partial charge is 0.389 e. The average molecular weight is 360 g/mol. The van der Waals surface area contributed by atoms with E-state index in [4.69, 9.17) is 11.6 Å². The van der Waals surface area contributed by atoms with Crippen LogP contribution in [0.5, 0.6) is 0 Å². The molecule has 0 spiro atoms. The Morgan fingerprint density at radius 1 is 1.25 bits per heavy atom. The summed E-state index contributed by atoms with van der Waals surface area (Å²) in [5.74, 6) is 0. The molecule has 6 nitrogen and oxygen atoms in total. The molecule has 0 aliphatic carbocycles. The third kappa shape index (κ3) is 3.22. The second-order valence-corrected chi connectivity index (χ2v) is 6.35. The minimum absolute atomic E-state index is 0.0630. The maximum atomic E-state index is 12.8. The lowest BCUT2D eigenvalue weighted by atomic mass is 10.1.